The number of thioether (sulfide) groups is 2. The van der Waals surface area contributed by atoms with E-state index in [1.165, 1.54) is 23.7 Å². The van der Waals surface area contributed by atoms with E-state index in [0.29, 0.717) is 5.25 Å². The summed E-state index contributed by atoms with van der Waals surface area (Å²) in [6.07, 6.45) is 2.33. The van der Waals surface area contributed by atoms with Crippen LogP contribution < -0.4 is 16.6 Å². The highest BCUT2D eigenvalue weighted by molar-refractivity contribution is 8.06. The molecule has 1 atom stereocenters. The van der Waals surface area contributed by atoms with Crippen LogP contribution in [0.25, 0.3) is 0 Å². The molecule has 4 N–H and O–H groups in total. The van der Waals surface area contributed by atoms with Gasteiger partial charge in [0.15, 0.2) is 0 Å². The van der Waals surface area contributed by atoms with Gasteiger partial charge < -0.3 is 5.32 Å². The molecule has 1 aliphatic heterocycles. The fraction of sp³-hybridized carbons (Fsp3) is 0.900. The van der Waals surface area contributed by atoms with Crippen molar-refractivity contribution in [2.75, 3.05) is 30.3 Å². The fourth-order valence-electron chi connectivity index (χ4n) is 1.37. The van der Waals surface area contributed by atoms with Crippen molar-refractivity contribution in [2.45, 2.75) is 25.0 Å². The molecule has 1 unspecified atom stereocenters. The van der Waals surface area contributed by atoms with E-state index in [1.54, 1.807) is 0 Å². The number of hydrogen-bond acceptors (Lipinski definition) is 4. The van der Waals surface area contributed by atoms with Crippen molar-refractivity contribution < 1.29 is 0 Å². The highest BCUT2D eigenvalue weighted by Gasteiger charge is 2.13. The highest BCUT2D eigenvalue weighted by Crippen LogP contribution is 2.23. The zero-order chi connectivity index (χ0) is 11.6. The van der Waals surface area contributed by atoms with Crippen LogP contribution >= 0.6 is 23.5 Å². The number of nitrogens with one attached hydrogen (secondary N) is 2. The quantitative estimate of drug-likeness (QED) is 0.227. The molecular weight excluding hydrogens is 240 g/mol. The molecule has 1 aliphatic rings. The van der Waals surface area contributed by atoms with Crippen LogP contribution in [0.4, 0.5) is 0 Å². The monoisotopic (exact) mass is 262 g/mol. The van der Waals surface area contributed by atoms with Gasteiger partial charge in [-0.3, -0.25) is 10.4 Å². The topological polar surface area (TPSA) is 62.4 Å². The summed E-state index contributed by atoms with van der Waals surface area (Å²) in [6, 6.07) is 0. The maximum absolute atomic E-state index is 5.42. The lowest BCUT2D eigenvalue weighted by atomic mass is 10.3. The second-order valence-electron chi connectivity index (χ2n) is 3.68. The van der Waals surface area contributed by atoms with Crippen LogP contribution in [0.1, 0.15) is 19.8 Å². The van der Waals surface area contributed by atoms with Gasteiger partial charge in [-0.25, -0.2) is 5.84 Å². The van der Waals surface area contributed by atoms with Gasteiger partial charge in [-0.2, -0.15) is 23.5 Å². The Morgan fingerprint density at radius 2 is 2.38 bits per heavy atom. The first-order valence-corrected chi connectivity index (χ1v) is 8.01. The summed E-state index contributed by atoms with van der Waals surface area (Å²) in [5.74, 6) is 9.88. The number of nitrogens with zero attached hydrogens (tertiary/aromatic N) is 1. The van der Waals surface area contributed by atoms with Crippen molar-refractivity contribution in [2.24, 2.45) is 10.8 Å². The van der Waals surface area contributed by atoms with Crippen molar-refractivity contribution >= 4 is 29.5 Å². The van der Waals surface area contributed by atoms with E-state index < -0.39 is 0 Å². The number of nitrogens with two attached hydrogens (primary N) is 1. The zero-order valence-corrected chi connectivity index (χ0v) is 11.5. The Hall–Kier alpha value is -0.0700. The molecule has 0 aromatic carbocycles. The molecule has 1 saturated heterocycles. The van der Waals surface area contributed by atoms with Gasteiger partial charge in [0.1, 0.15) is 0 Å². The predicted octanol–water partition coefficient (Wildman–Crippen LogP) is 1.04. The Kier molecular flexibility index (Phi) is 7.88. The molecule has 0 spiro atoms. The van der Waals surface area contributed by atoms with Gasteiger partial charge in [0.2, 0.25) is 5.96 Å². The largest absolute Gasteiger partial charge is 0.355 e. The Morgan fingerprint density at radius 3 is 3.00 bits per heavy atom. The summed E-state index contributed by atoms with van der Waals surface area (Å²) < 4.78 is 0. The number of hydrogen-bond donors (Lipinski definition) is 3. The Balaban J connectivity index is 2.22. The minimum atomic E-state index is 0.648. The molecule has 1 heterocycles. The van der Waals surface area contributed by atoms with E-state index in [0.717, 1.165) is 25.5 Å². The maximum atomic E-state index is 5.42. The summed E-state index contributed by atoms with van der Waals surface area (Å²) in [5, 5.41) is 3.86. The van der Waals surface area contributed by atoms with Gasteiger partial charge >= 0.3 is 0 Å². The third kappa shape index (κ3) is 5.86. The minimum absolute atomic E-state index is 0.648. The molecule has 1 rings (SSSR count). The molecule has 0 saturated carbocycles. The van der Waals surface area contributed by atoms with Crippen LogP contribution in [-0.4, -0.2) is 41.6 Å². The van der Waals surface area contributed by atoms with Gasteiger partial charge in [-0.1, -0.05) is 13.3 Å². The summed E-state index contributed by atoms with van der Waals surface area (Å²) in [6.45, 7) is 3.96. The molecule has 1 fully saturated rings. The molecule has 0 radical (unpaired) electrons. The van der Waals surface area contributed by atoms with Crippen molar-refractivity contribution in [3.63, 3.8) is 0 Å². The Labute approximate surface area is 107 Å². The second kappa shape index (κ2) is 9.01. The first-order chi connectivity index (χ1) is 7.86. The molecule has 6 heteroatoms. The summed E-state index contributed by atoms with van der Waals surface area (Å²) in [5.41, 5.74) is 2.62. The number of guanidine groups is 1. The molecule has 94 valence electrons. The van der Waals surface area contributed by atoms with Crippen molar-refractivity contribution in [1.82, 2.24) is 10.7 Å². The zero-order valence-electron chi connectivity index (χ0n) is 9.87. The van der Waals surface area contributed by atoms with Gasteiger partial charge in [-0.15, -0.1) is 0 Å². The average molecular weight is 262 g/mol. The van der Waals surface area contributed by atoms with Gasteiger partial charge in [0.05, 0.1) is 6.54 Å². The fourth-order valence-corrected chi connectivity index (χ4v) is 3.95. The number of unbranched alkanes of at least 4 members (excludes halogenated alkanes) is 1. The summed E-state index contributed by atoms with van der Waals surface area (Å²) in [4.78, 5) is 4.47. The summed E-state index contributed by atoms with van der Waals surface area (Å²) in [7, 11) is 0. The molecule has 0 amide bonds. The number of aliphatic imine (C=N–C) groups is 1. The van der Waals surface area contributed by atoms with Crippen molar-refractivity contribution in [3.05, 3.63) is 0 Å². The normalized spacial score (nSPS) is 21.9. The standard InChI is InChI=1S/C10H22N4S2/c1-2-3-4-12-10(14-11)13-7-9-8-15-5-6-16-9/h9H,2-8,11H2,1H3,(H2,12,13,14). The van der Waals surface area contributed by atoms with Crippen LogP contribution in [-0.2, 0) is 0 Å². The smallest absolute Gasteiger partial charge is 0.205 e. The second-order valence-corrected chi connectivity index (χ2v) is 6.24. The maximum Gasteiger partial charge on any atom is 0.205 e. The SMILES string of the molecule is CCCCNC(=NCC1CSCCS1)NN. The van der Waals surface area contributed by atoms with E-state index >= 15 is 0 Å². The minimum Gasteiger partial charge on any atom is -0.355 e. The molecule has 0 aliphatic carbocycles. The lowest BCUT2D eigenvalue weighted by Crippen LogP contribution is -2.42. The van der Waals surface area contributed by atoms with Crippen LogP contribution in [0, 0.1) is 0 Å². The van der Waals surface area contributed by atoms with E-state index in [4.69, 9.17) is 5.84 Å². The van der Waals surface area contributed by atoms with Crippen LogP contribution in [0.15, 0.2) is 4.99 Å². The predicted molar refractivity (Wildman–Crippen MR) is 76.1 cm³/mol. The lowest BCUT2D eigenvalue weighted by molar-refractivity contribution is 0.731. The van der Waals surface area contributed by atoms with Gasteiger partial charge in [0.25, 0.3) is 0 Å². The van der Waals surface area contributed by atoms with E-state index in [-0.39, 0.29) is 0 Å². The van der Waals surface area contributed by atoms with Crippen LogP contribution in [0.2, 0.25) is 0 Å². The molecule has 0 aromatic heterocycles. The van der Waals surface area contributed by atoms with Gasteiger partial charge in [0, 0.05) is 29.1 Å². The number of rotatable bonds is 5. The summed E-state index contributed by atoms with van der Waals surface area (Å²) >= 11 is 4.04. The molecule has 16 heavy (non-hydrogen) atoms. The van der Waals surface area contributed by atoms with Crippen LogP contribution in [0.5, 0.6) is 0 Å². The number of hydrazine groups is 1. The molecule has 4 nitrogen and oxygen atoms in total. The van der Waals surface area contributed by atoms with Crippen molar-refractivity contribution in [1.29, 1.82) is 0 Å². The molecule has 0 aromatic rings. The highest BCUT2D eigenvalue weighted by atomic mass is 32.2. The Morgan fingerprint density at radius 1 is 1.50 bits per heavy atom. The van der Waals surface area contributed by atoms with E-state index in [1.807, 2.05) is 23.5 Å². The third-order valence-corrected chi connectivity index (χ3v) is 5.12. The first kappa shape index (κ1) is 14.0. The van der Waals surface area contributed by atoms with Crippen LogP contribution in [0.3, 0.4) is 0 Å². The average Bonchev–Trinajstić information content (AvgIpc) is 2.35. The molecule has 0 bridgehead atoms. The molecular formula is C10H22N4S2. The van der Waals surface area contributed by atoms with Crippen molar-refractivity contribution in [3.8, 4) is 0 Å². The Bertz CT molecular complexity index is 205. The van der Waals surface area contributed by atoms with E-state index in [9.17, 15) is 0 Å². The third-order valence-electron chi connectivity index (χ3n) is 2.30. The van der Waals surface area contributed by atoms with E-state index in [2.05, 4.69) is 22.7 Å². The first-order valence-electron chi connectivity index (χ1n) is 5.81. The lowest BCUT2D eigenvalue weighted by Gasteiger charge is -2.19. The van der Waals surface area contributed by atoms with Gasteiger partial charge in [-0.05, 0) is 6.42 Å².